The van der Waals surface area contributed by atoms with Crippen molar-refractivity contribution in [2.24, 2.45) is 0 Å². The second-order valence-electron chi connectivity index (χ2n) is 4.12. The van der Waals surface area contributed by atoms with Crippen molar-refractivity contribution in [3.8, 4) is 0 Å². The highest BCUT2D eigenvalue weighted by atomic mass is 16.5. The van der Waals surface area contributed by atoms with Crippen molar-refractivity contribution in [1.29, 1.82) is 0 Å². The van der Waals surface area contributed by atoms with E-state index >= 15 is 0 Å². The van der Waals surface area contributed by atoms with Crippen molar-refractivity contribution in [1.82, 2.24) is 5.32 Å². The molecule has 0 aromatic heterocycles. The Bertz CT molecular complexity index is 142. The van der Waals surface area contributed by atoms with Crippen LogP contribution in [0.25, 0.3) is 0 Å². The molecule has 5 heteroatoms. The lowest BCUT2D eigenvalue weighted by Gasteiger charge is -2.06. The number of rotatable bonds is 16. The third-order valence-electron chi connectivity index (χ3n) is 2.23. The van der Waals surface area contributed by atoms with Gasteiger partial charge in [0.15, 0.2) is 0 Å². The first-order valence-electron chi connectivity index (χ1n) is 7.36. The van der Waals surface area contributed by atoms with Crippen LogP contribution in [0.15, 0.2) is 0 Å². The molecule has 0 aliphatic heterocycles. The quantitative estimate of drug-likeness (QED) is 0.401. The molecular weight excluding hydrogens is 246 g/mol. The molecule has 115 valence electrons. The molecule has 0 saturated heterocycles. The Hall–Kier alpha value is -0.200. The minimum atomic E-state index is 0.654. The van der Waals surface area contributed by atoms with Crippen molar-refractivity contribution in [2.45, 2.75) is 26.7 Å². The summed E-state index contributed by atoms with van der Waals surface area (Å²) in [4.78, 5) is 0. The molecule has 0 saturated carbocycles. The van der Waals surface area contributed by atoms with Gasteiger partial charge >= 0.3 is 0 Å². The van der Waals surface area contributed by atoms with Crippen LogP contribution < -0.4 is 5.32 Å². The molecule has 0 aliphatic carbocycles. The minimum Gasteiger partial charge on any atom is -0.379 e. The zero-order chi connectivity index (χ0) is 14.0. The molecule has 0 bridgehead atoms. The average molecular weight is 276 g/mol. The summed E-state index contributed by atoms with van der Waals surface area (Å²) < 4.78 is 21.3. The summed E-state index contributed by atoms with van der Waals surface area (Å²) in [7, 11) is 0. The fraction of sp³-hybridized carbons (Fsp3) is 1.00. The SMILES string of the molecule is CCCOCCOCC[N]CCOCCOCCC. The maximum atomic E-state index is 5.37. The van der Waals surface area contributed by atoms with Crippen LogP contribution in [0.1, 0.15) is 26.7 Å². The molecule has 19 heavy (non-hydrogen) atoms. The van der Waals surface area contributed by atoms with E-state index in [2.05, 4.69) is 19.2 Å². The molecule has 0 aromatic carbocycles. The van der Waals surface area contributed by atoms with E-state index in [1.165, 1.54) is 0 Å². The maximum absolute atomic E-state index is 5.37. The van der Waals surface area contributed by atoms with Crippen molar-refractivity contribution in [3.05, 3.63) is 0 Å². The first-order valence-corrected chi connectivity index (χ1v) is 7.36. The minimum absolute atomic E-state index is 0.654. The van der Waals surface area contributed by atoms with Gasteiger partial charge in [-0.25, -0.2) is 5.32 Å². The molecule has 0 heterocycles. The van der Waals surface area contributed by atoms with Gasteiger partial charge in [-0.05, 0) is 12.8 Å². The van der Waals surface area contributed by atoms with Gasteiger partial charge in [-0.3, -0.25) is 0 Å². The predicted octanol–water partition coefficient (Wildman–Crippen LogP) is 1.48. The van der Waals surface area contributed by atoms with E-state index in [1.54, 1.807) is 0 Å². The Morgan fingerprint density at radius 2 is 0.895 bits per heavy atom. The highest BCUT2D eigenvalue weighted by Crippen LogP contribution is 1.83. The smallest absolute Gasteiger partial charge is 0.0701 e. The average Bonchev–Trinajstić information content (AvgIpc) is 2.43. The second-order valence-corrected chi connectivity index (χ2v) is 4.12. The largest absolute Gasteiger partial charge is 0.379 e. The van der Waals surface area contributed by atoms with Crippen LogP contribution in [0.2, 0.25) is 0 Å². The van der Waals surface area contributed by atoms with Gasteiger partial charge < -0.3 is 18.9 Å². The molecule has 1 radical (unpaired) electrons. The Balaban J connectivity index is 2.88. The first kappa shape index (κ1) is 18.8. The first-order chi connectivity index (χ1) is 9.41. The van der Waals surface area contributed by atoms with Crippen molar-refractivity contribution < 1.29 is 18.9 Å². The molecule has 0 aromatic rings. The predicted molar refractivity (Wildman–Crippen MR) is 75.7 cm³/mol. The molecule has 0 amide bonds. The van der Waals surface area contributed by atoms with Gasteiger partial charge in [0.25, 0.3) is 0 Å². The Labute approximate surface area is 117 Å². The van der Waals surface area contributed by atoms with Gasteiger partial charge in [0, 0.05) is 26.3 Å². The molecule has 0 spiro atoms. The van der Waals surface area contributed by atoms with Gasteiger partial charge in [0.1, 0.15) is 0 Å². The monoisotopic (exact) mass is 276 g/mol. The summed E-state index contributed by atoms with van der Waals surface area (Å²) in [6, 6.07) is 0. The molecule has 5 nitrogen and oxygen atoms in total. The van der Waals surface area contributed by atoms with E-state index in [4.69, 9.17) is 18.9 Å². The summed E-state index contributed by atoms with van der Waals surface area (Å²) in [6.45, 7) is 11.2. The Morgan fingerprint density at radius 1 is 0.526 bits per heavy atom. The zero-order valence-electron chi connectivity index (χ0n) is 12.6. The highest BCUT2D eigenvalue weighted by molar-refractivity contribution is 4.44. The van der Waals surface area contributed by atoms with Gasteiger partial charge in [0.2, 0.25) is 0 Å². The third kappa shape index (κ3) is 17.8. The summed E-state index contributed by atoms with van der Waals surface area (Å²) in [5.41, 5.74) is 0. The summed E-state index contributed by atoms with van der Waals surface area (Å²) >= 11 is 0. The number of hydrogen-bond acceptors (Lipinski definition) is 4. The summed E-state index contributed by atoms with van der Waals surface area (Å²) in [6.07, 6.45) is 2.11. The maximum Gasteiger partial charge on any atom is 0.0701 e. The lowest BCUT2D eigenvalue weighted by Crippen LogP contribution is -2.19. The molecular formula is C14H30NO4. The fourth-order valence-corrected chi connectivity index (χ4v) is 1.30. The number of hydrogen-bond donors (Lipinski definition) is 0. The van der Waals surface area contributed by atoms with Crippen LogP contribution in [-0.4, -0.2) is 65.9 Å². The summed E-state index contributed by atoms with van der Waals surface area (Å²) in [5, 5.41) is 4.31. The van der Waals surface area contributed by atoms with E-state index in [1.807, 2.05) is 0 Å². The fourth-order valence-electron chi connectivity index (χ4n) is 1.30. The highest BCUT2D eigenvalue weighted by Gasteiger charge is 1.93. The van der Waals surface area contributed by atoms with Crippen molar-refractivity contribution in [2.75, 3.05) is 65.9 Å². The lowest BCUT2D eigenvalue weighted by atomic mass is 10.5. The second kappa shape index (κ2) is 17.8. The van der Waals surface area contributed by atoms with Gasteiger partial charge in [-0.1, -0.05) is 13.8 Å². The normalized spacial score (nSPS) is 11.1. The van der Waals surface area contributed by atoms with Crippen LogP contribution in [0.5, 0.6) is 0 Å². The van der Waals surface area contributed by atoms with Crippen molar-refractivity contribution in [3.63, 3.8) is 0 Å². The van der Waals surface area contributed by atoms with Crippen LogP contribution in [0, 0.1) is 0 Å². The van der Waals surface area contributed by atoms with E-state index in [-0.39, 0.29) is 0 Å². The van der Waals surface area contributed by atoms with E-state index in [9.17, 15) is 0 Å². The Morgan fingerprint density at radius 3 is 1.26 bits per heavy atom. The topological polar surface area (TPSA) is 51.0 Å². The van der Waals surface area contributed by atoms with E-state index in [0.29, 0.717) is 39.6 Å². The van der Waals surface area contributed by atoms with Crippen molar-refractivity contribution >= 4 is 0 Å². The zero-order valence-corrected chi connectivity index (χ0v) is 12.6. The molecule has 0 fully saturated rings. The van der Waals surface area contributed by atoms with Gasteiger partial charge in [-0.15, -0.1) is 0 Å². The molecule has 0 N–H and O–H groups in total. The molecule has 0 unspecified atom stereocenters. The molecule has 0 rings (SSSR count). The molecule has 0 atom stereocenters. The van der Waals surface area contributed by atoms with Gasteiger partial charge in [-0.2, -0.15) is 0 Å². The lowest BCUT2D eigenvalue weighted by molar-refractivity contribution is 0.0427. The van der Waals surface area contributed by atoms with Crippen LogP contribution in [0.3, 0.4) is 0 Å². The number of ether oxygens (including phenoxy) is 4. The van der Waals surface area contributed by atoms with E-state index < -0.39 is 0 Å². The third-order valence-corrected chi connectivity index (χ3v) is 2.23. The number of nitrogens with zero attached hydrogens (tertiary/aromatic N) is 1. The van der Waals surface area contributed by atoms with Gasteiger partial charge in [0.05, 0.1) is 39.6 Å². The Kier molecular flexibility index (Phi) is 17.6. The van der Waals surface area contributed by atoms with E-state index in [0.717, 1.165) is 39.1 Å². The summed E-state index contributed by atoms with van der Waals surface area (Å²) in [5.74, 6) is 0. The van der Waals surface area contributed by atoms with Crippen LogP contribution in [-0.2, 0) is 18.9 Å². The molecule has 0 aliphatic rings. The van der Waals surface area contributed by atoms with Crippen LogP contribution >= 0.6 is 0 Å². The van der Waals surface area contributed by atoms with Crippen LogP contribution in [0.4, 0.5) is 0 Å². The standard InChI is InChI=1S/C14H30NO4/c1-3-7-16-11-13-18-9-5-15-6-10-19-14-12-17-8-4-2/h3-14H2,1-2H3.